The first-order valence-electron chi connectivity index (χ1n) is 9.04. The fourth-order valence-electron chi connectivity index (χ4n) is 3.49. The number of rotatable bonds is 5. The molecule has 2 fully saturated rings. The summed E-state index contributed by atoms with van der Waals surface area (Å²) in [5.74, 6) is 0.955. The van der Waals surface area contributed by atoms with E-state index in [1.165, 1.54) is 6.42 Å². The summed E-state index contributed by atoms with van der Waals surface area (Å²) in [5, 5.41) is 14.0. The van der Waals surface area contributed by atoms with E-state index in [-0.39, 0.29) is 24.0 Å². The van der Waals surface area contributed by atoms with Crippen LogP contribution in [0.5, 0.6) is 0 Å². The number of guanidine groups is 1. The zero-order valence-electron chi connectivity index (χ0n) is 14.7. The topological polar surface area (TPSA) is 57.1 Å². The molecule has 0 spiro atoms. The van der Waals surface area contributed by atoms with Gasteiger partial charge in [0.2, 0.25) is 0 Å². The number of hydrogen-bond donors (Lipinski definition) is 2. The normalized spacial score (nSPS) is 22.6. The lowest BCUT2D eigenvalue weighted by Gasteiger charge is -2.35. The Morgan fingerprint density at radius 3 is 2.43 bits per heavy atom. The summed E-state index contributed by atoms with van der Waals surface area (Å²) in [6.07, 6.45) is 7.80. The van der Waals surface area contributed by atoms with Gasteiger partial charge in [-0.3, -0.25) is 4.99 Å². The molecule has 136 valence electrons. The number of halogens is 1. The Balaban J connectivity index is 0.00000264. The first-order chi connectivity index (χ1) is 10.7. The van der Waals surface area contributed by atoms with E-state index >= 15 is 0 Å². The second-order valence-electron chi connectivity index (χ2n) is 6.60. The number of nitrogens with one attached hydrogen (secondary N) is 1. The molecular formula is C17H34IN3O2. The van der Waals surface area contributed by atoms with Crippen molar-refractivity contribution in [2.45, 2.75) is 70.5 Å². The number of aliphatic imine (C=N–C) groups is 1. The van der Waals surface area contributed by atoms with Crippen molar-refractivity contribution in [1.82, 2.24) is 10.2 Å². The Labute approximate surface area is 158 Å². The van der Waals surface area contributed by atoms with Crippen LogP contribution >= 0.6 is 24.0 Å². The van der Waals surface area contributed by atoms with Gasteiger partial charge in [-0.05, 0) is 39.5 Å². The van der Waals surface area contributed by atoms with Crippen molar-refractivity contribution in [2.24, 2.45) is 4.99 Å². The van der Waals surface area contributed by atoms with Crippen LogP contribution in [0.25, 0.3) is 0 Å². The van der Waals surface area contributed by atoms with Crippen LogP contribution in [0.2, 0.25) is 0 Å². The molecule has 0 atom stereocenters. The summed E-state index contributed by atoms with van der Waals surface area (Å²) in [7, 11) is 0. The summed E-state index contributed by atoms with van der Waals surface area (Å²) < 4.78 is 5.72. The number of likely N-dealkylation sites (tertiary alicyclic amines) is 1. The van der Waals surface area contributed by atoms with E-state index in [1.54, 1.807) is 0 Å². The van der Waals surface area contributed by atoms with Gasteiger partial charge in [-0.2, -0.15) is 0 Å². The van der Waals surface area contributed by atoms with Crippen LogP contribution in [0.3, 0.4) is 0 Å². The smallest absolute Gasteiger partial charge is 0.194 e. The second-order valence-corrected chi connectivity index (χ2v) is 6.60. The van der Waals surface area contributed by atoms with Crippen molar-refractivity contribution in [3.8, 4) is 0 Å². The highest BCUT2D eigenvalue weighted by atomic mass is 127. The standard InChI is InChI=1S/C17H33N3O2.HI/c1-3-18-16(19-14-17(21)10-6-5-7-11-17)20-12-8-15(9-13-20)22-4-2;/h15,21H,3-14H2,1-2H3,(H,18,19);1H. The molecule has 6 heteroatoms. The van der Waals surface area contributed by atoms with Gasteiger partial charge in [-0.15, -0.1) is 24.0 Å². The molecule has 5 nitrogen and oxygen atoms in total. The van der Waals surface area contributed by atoms with Crippen molar-refractivity contribution in [1.29, 1.82) is 0 Å². The van der Waals surface area contributed by atoms with E-state index in [0.717, 1.165) is 70.7 Å². The predicted molar refractivity (Wildman–Crippen MR) is 106 cm³/mol. The van der Waals surface area contributed by atoms with Crippen molar-refractivity contribution >= 4 is 29.9 Å². The molecule has 1 saturated carbocycles. The fraction of sp³-hybridized carbons (Fsp3) is 0.941. The van der Waals surface area contributed by atoms with Crippen LogP contribution in [0.1, 0.15) is 58.8 Å². The molecule has 1 heterocycles. The number of hydrogen-bond acceptors (Lipinski definition) is 3. The monoisotopic (exact) mass is 439 g/mol. The molecule has 23 heavy (non-hydrogen) atoms. The molecule has 0 radical (unpaired) electrons. The minimum atomic E-state index is -0.581. The van der Waals surface area contributed by atoms with E-state index in [4.69, 9.17) is 9.73 Å². The molecule has 1 aliphatic heterocycles. The fourth-order valence-corrected chi connectivity index (χ4v) is 3.49. The number of piperidine rings is 1. The lowest BCUT2D eigenvalue weighted by atomic mass is 9.85. The van der Waals surface area contributed by atoms with Gasteiger partial charge in [0.25, 0.3) is 0 Å². The minimum Gasteiger partial charge on any atom is -0.388 e. The summed E-state index contributed by atoms with van der Waals surface area (Å²) in [6.45, 7) is 8.31. The first kappa shape index (κ1) is 21.0. The quantitative estimate of drug-likeness (QED) is 0.393. The molecule has 0 amide bonds. The second kappa shape index (κ2) is 10.7. The van der Waals surface area contributed by atoms with E-state index in [9.17, 15) is 5.11 Å². The third-order valence-electron chi connectivity index (χ3n) is 4.79. The van der Waals surface area contributed by atoms with E-state index in [1.807, 2.05) is 0 Å². The van der Waals surface area contributed by atoms with E-state index in [0.29, 0.717) is 12.6 Å². The maximum atomic E-state index is 10.6. The van der Waals surface area contributed by atoms with E-state index in [2.05, 4.69) is 24.1 Å². The van der Waals surface area contributed by atoms with Crippen LogP contribution in [-0.4, -0.2) is 60.5 Å². The molecule has 1 saturated heterocycles. The van der Waals surface area contributed by atoms with Crippen LogP contribution in [0.15, 0.2) is 4.99 Å². The van der Waals surface area contributed by atoms with Gasteiger partial charge >= 0.3 is 0 Å². The van der Waals surface area contributed by atoms with Crippen LogP contribution in [-0.2, 0) is 4.74 Å². The highest BCUT2D eigenvalue weighted by Gasteiger charge is 2.29. The lowest BCUT2D eigenvalue weighted by Crippen LogP contribution is -2.48. The number of nitrogens with zero attached hydrogens (tertiary/aromatic N) is 2. The zero-order chi connectivity index (χ0) is 15.8. The highest BCUT2D eigenvalue weighted by Crippen LogP contribution is 2.28. The number of aliphatic hydroxyl groups is 1. The van der Waals surface area contributed by atoms with Crippen LogP contribution in [0, 0.1) is 0 Å². The highest BCUT2D eigenvalue weighted by molar-refractivity contribution is 14.0. The molecule has 0 aromatic heterocycles. The van der Waals surface area contributed by atoms with Crippen LogP contribution in [0.4, 0.5) is 0 Å². The summed E-state index contributed by atoms with van der Waals surface area (Å²) in [5.41, 5.74) is -0.581. The average molecular weight is 439 g/mol. The van der Waals surface area contributed by atoms with Crippen molar-refractivity contribution in [3.05, 3.63) is 0 Å². The maximum absolute atomic E-state index is 10.6. The Morgan fingerprint density at radius 1 is 1.22 bits per heavy atom. The molecule has 2 rings (SSSR count). The molecule has 2 aliphatic rings. The van der Waals surface area contributed by atoms with Crippen molar-refractivity contribution < 1.29 is 9.84 Å². The molecule has 2 N–H and O–H groups in total. The minimum absolute atomic E-state index is 0. The Morgan fingerprint density at radius 2 is 1.87 bits per heavy atom. The van der Waals surface area contributed by atoms with Gasteiger partial charge in [0, 0.05) is 26.2 Å². The van der Waals surface area contributed by atoms with Crippen LogP contribution < -0.4 is 5.32 Å². The molecule has 0 aromatic rings. The molecule has 1 aliphatic carbocycles. The average Bonchev–Trinajstić information content (AvgIpc) is 2.53. The lowest BCUT2D eigenvalue weighted by molar-refractivity contribution is 0.0121. The first-order valence-corrected chi connectivity index (χ1v) is 9.04. The molecule has 0 unspecified atom stereocenters. The van der Waals surface area contributed by atoms with Gasteiger partial charge in [0.05, 0.1) is 18.2 Å². The molecular weight excluding hydrogens is 405 g/mol. The summed E-state index contributed by atoms with van der Waals surface area (Å²) in [4.78, 5) is 7.05. The maximum Gasteiger partial charge on any atom is 0.194 e. The third kappa shape index (κ3) is 6.74. The van der Waals surface area contributed by atoms with Gasteiger partial charge in [-0.25, -0.2) is 0 Å². The predicted octanol–water partition coefficient (Wildman–Crippen LogP) is 2.77. The van der Waals surface area contributed by atoms with Gasteiger partial charge in [0.1, 0.15) is 0 Å². The Bertz CT molecular complexity index is 352. The largest absolute Gasteiger partial charge is 0.388 e. The van der Waals surface area contributed by atoms with E-state index < -0.39 is 5.60 Å². The van der Waals surface area contributed by atoms with Crippen molar-refractivity contribution in [2.75, 3.05) is 32.8 Å². The molecule has 0 aromatic carbocycles. The SMILES string of the molecule is CCNC(=NCC1(O)CCCCC1)N1CCC(OCC)CC1.I. The Hall–Kier alpha value is -0.0800. The van der Waals surface area contributed by atoms with Gasteiger partial charge in [0.15, 0.2) is 5.96 Å². The Kier molecular flexibility index (Phi) is 9.77. The van der Waals surface area contributed by atoms with Crippen molar-refractivity contribution in [3.63, 3.8) is 0 Å². The summed E-state index contributed by atoms with van der Waals surface area (Å²) in [6, 6.07) is 0. The zero-order valence-corrected chi connectivity index (χ0v) is 17.1. The third-order valence-corrected chi connectivity index (χ3v) is 4.79. The number of ether oxygens (including phenoxy) is 1. The molecule has 0 bridgehead atoms. The van der Waals surface area contributed by atoms with Gasteiger partial charge < -0.3 is 20.1 Å². The van der Waals surface area contributed by atoms with Gasteiger partial charge in [-0.1, -0.05) is 19.3 Å². The summed E-state index contributed by atoms with van der Waals surface area (Å²) >= 11 is 0.